The Balaban J connectivity index is 4.94. The van der Waals surface area contributed by atoms with Crippen molar-refractivity contribution < 1.29 is 43.3 Å². The number of carbonyl (C=O) groups excluding carboxylic acids is 1. The lowest BCUT2D eigenvalue weighted by Gasteiger charge is -2.33. The van der Waals surface area contributed by atoms with E-state index in [0.717, 1.165) is 0 Å². The molecule has 0 heterocycles. The van der Waals surface area contributed by atoms with Gasteiger partial charge in [0.25, 0.3) is 0 Å². The van der Waals surface area contributed by atoms with E-state index in [1.165, 1.54) is 27.7 Å². The zero-order valence-corrected chi connectivity index (χ0v) is 23.2. The number of ether oxygens (including phenoxy) is 4. The van der Waals surface area contributed by atoms with E-state index >= 15 is 0 Å². The van der Waals surface area contributed by atoms with Gasteiger partial charge in [-0.3, -0.25) is 0 Å². The Kier molecular flexibility index (Phi) is 12.4. The standard InChI is InChI=1S/C25H46O9/c1-17(2)19(33-27-15-22(5,6)7)29-24(11,12)31-21(26)32-25(13,14)30-20(18(3)4)34-28-16-23(8,9)10/h19-20H,1,3,15-16H2,2,4-14H3. The number of carbonyl (C=O) groups is 1. The third-order valence-corrected chi connectivity index (χ3v) is 3.54. The SMILES string of the molecule is C=C(C)C(OOCC(C)(C)C)OC(C)(C)OC(=O)OC(C)(C)OC(OOCC(C)(C)C)C(=C)C. The molecule has 0 N–H and O–H groups in total. The molecule has 0 bridgehead atoms. The van der Waals surface area contributed by atoms with Crippen molar-refractivity contribution in [3.8, 4) is 0 Å². The largest absolute Gasteiger partial charge is 0.513 e. The first-order valence-corrected chi connectivity index (χ1v) is 11.3. The Labute approximate surface area is 205 Å². The highest BCUT2D eigenvalue weighted by Crippen LogP contribution is 2.25. The Morgan fingerprint density at radius 3 is 1.18 bits per heavy atom. The van der Waals surface area contributed by atoms with Crippen molar-refractivity contribution in [2.45, 2.75) is 107 Å². The fourth-order valence-electron chi connectivity index (χ4n) is 1.94. The molecule has 2 atom stereocenters. The summed E-state index contributed by atoms with van der Waals surface area (Å²) >= 11 is 0. The van der Waals surface area contributed by atoms with Gasteiger partial charge >= 0.3 is 6.16 Å². The molecule has 0 radical (unpaired) electrons. The monoisotopic (exact) mass is 490 g/mol. The Morgan fingerprint density at radius 1 is 0.647 bits per heavy atom. The molecule has 0 aliphatic heterocycles. The van der Waals surface area contributed by atoms with E-state index in [1.807, 2.05) is 41.5 Å². The summed E-state index contributed by atoms with van der Waals surface area (Å²) in [6.07, 6.45) is -2.95. The van der Waals surface area contributed by atoms with Crippen molar-refractivity contribution in [2.24, 2.45) is 10.8 Å². The summed E-state index contributed by atoms with van der Waals surface area (Å²) in [4.78, 5) is 33.6. The van der Waals surface area contributed by atoms with Crippen LogP contribution in [0.25, 0.3) is 0 Å². The number of rotatable bonds is 14. The van der Waals surface area contributed by atoms with Crippen LogP contribution in [-0.4, -0.2) is 43.5 Å². The molecule has 0 aliphatic rings. The van der Waals surface area contributed by atoms with E-state index in [1.54, 1.807) is 13.8 Å². The second kappa shape index (κ2) is 13.0. The van der Waals surface area contributed by atoms with Crippen molar-refractivity contribution in [3.63, 3.8) is 0 Å². The van der Waals surface area contributed by atoms with Gasteiger partial charge in [0.15, 0.2) is 0 Å². The van der Waals surface area contributed by atoms with Crippen LogP contribution in [0.5, 0.6) is 0 Å². The van der Waals surface area contributed by atoms with Crippen LogP contribution < -0.4 is 0 Å². The van der Waals surface area contributed by atoms with Crippen LogP contribution in [0.1, 0.15) is 83.1 Å². The van der Waals surface area contributed by atoms with Gasteiger partial charge < -0.3 is 18.9 Å². The van der Waals surface area contributed by atoms with Gasteiger partial charge in [0.1, 0.15) is 0 Å². The first-order chi connectivity index (χ1) is 15.1. The van der Waals surface area contributed by atoms with Crippen LogP contribution in [-0.2, 0) is 38.5 Å². The summed E-state index contributed by atoms with van der Waals surface area (Å²) in [5.74, 6) is -2.86. The Morgan fingerprint density at radius 2 is 0.941 bits per heavy atom. The fourth-order valence-corrected chi connectivity index (χ4v) is 1.94. The zero-order valence-electron chi connectivity index (χ0n) is 23.2. The average molecular weight is 491 g/mol. The van der Waals surface area contributed by atoms with Gasteiger partial charge in [-0.1, -0.05) is 54.7 Å². The molecule has 0 aromatic carbocycles. The summed E-state index contributed by atoms with van der Waals surface area (Å²) < 4.78 is 22.1. The second-order valence-corrected chi connectivity index (χ2v) is 11.7. The van der Waals surface area contributed by atoms with Crippen molar-refractivity contribution in [3.05, 3.63) is 24.3 Å². The van der Waals surface area contributed by atoms with Crippen LogP contribution in [0.4, 0.5) is 4.79 Å². The minimum absolute atomic E-state index is 0.107. The van der Waals surface area contributed by atoms with Gasteiger partial charge in [-0.15, -0.1) is 0 Å². The van der Waals surface area contributed by atoms with Gasteiger partial charge in [-0.2, -0.15) is 9.78 Å². The summed E-state index contributed by atoms with van der Waals surface area (Å²) in [5, 5.41) is 0. The topological polar surface area (TPSA) is 90.9 Å². The molecule has 200 valence electrons. The van der Waals surface area contributed by atoms with Crippen molar-refractivity contribution in [1.29, 1.82) is 0 Å². The maximum Gasteiger partial charge on any atom is 0.513 e. The molecule has 9 nitrogen and oxygen atoms in total. The highest BCUT2D eigenvalue weighted by Gasteiger charge is 2.35. The molecule has 34 heavy (non-hydrogen) atoms. The van der Waals surface area contributed by atoms with Crippen LogP contribution in [0.3, 0.4) is 0 Å². The summed E-state index contributed by atoms with van der Waals surface area (Å²) in [5.41, 5.74) is 0.840. The lowest BCUT2D eigenvalue weighted by atomic mass is 9.99. The lowest BCUT2D eigenvalue weighted by Crippen LogP contribution is -2.42. The highest BCUT2D eigenvalue weighted by atomic mass is 17.2. The minimum Gasteiger partial charge on any atom is -0.402 e. The molecule has 0 fully saturated rings. The van der Waals surface area contributed by atoms with Crippen LogP contribution in [0, 0.1) is 10.8 Å². The molecule has 2 unspecified atom stereocenters. The molecule has 0 saturated heterocycles. The molecule has 0 aromatic rings. The van der Waals surface area contributed by atoms with Gasteiger partial charge in [-0.25, -0.2) is 14.6 Å². The third kappa shape index (κ3) is 16.2. The molecule has 0 spiro atoms. The van der Waals surface area contributed by atoms with Gasteiger partial charge in [-0.05, 0) is 35.8 Å². The van der Waals surface area contributed by atoms with Crippen LogP contribution >= 0.6 is 0 Å². The normalized spacial score (nSPS) is 14.9. The first-order valence-electron chi connectivity index (χ1n) is 11.3. The quantitative estimate of drug-likeness (QED) is 0.0897. The van der Waals surface area contributed by atoms with E-state index in [0.29, 0.717) is 24.4 Å². The van der Waals surface area contributed by atoms with Gasteiger partial charge in [0, 0.05) is 27.7 Å². The maximum atomic E-state index is 12.5. The van der Waals surface area contributed by atoms with Gasteiger partial charge in [0.05, 0.1) is 13.2 Å². The average Bonchev–Trinajstić information content (AvgIpc) is 2.56. The molecular formula is C25H46O9. The van der Waals surface area contributed by atoms with E-state index in [4.69, 9.17) is 38.5 Å². The predicted octanol–water partition coefficient (Wildman–Crippen LogP) is 6.44. The fraction of sp³-hybridized carbons (Fsp3) is 0.800. The van der Waals surface area contributed by atoms with Crippen LogP contribution in [0.15, 0.2) is 24.3 Å². The Bertz CT molecular complexity index is 613. The lowest BCUT2D eigenvalue weighted by molar-refractivity contribution is -0.410. The van der Waals surface area contributed by atoms with E-state index < -0.39 is 30.3 Å². The molecule has 0 amide bonds. The van der Waals surface area contributed by atoms with E-state index in [9.17, 15) is 4.79 Å². The van der Waals surface area contributed by atoms with Crippen molar-refractivity contribution in [2.75, 3.05) is 13.2 Å². The summed E-state index contributed by atoms with van der Waals surface area (Å²) in [6.45, 7) is 29.9. The van der Waals surface area contributed by atoms with E-state index in [2.05, 4.69) is 13.2 Å². The maximum absolute atomic E-state index is 12.5. The highest BCUT2D eigenvalue weighted by molar-refractivity contribution is 5.60. The van der Waals surface area contributed by atoms with Crippen molar-refractivity contribution in [1.82, 2.24) is 0 Å². The summed E-state index contributed by atoms with van der Waals surface area (Å²) in [7, 11) is 0. The smallest absolute Gasteiger partial charge is 0.402 e. The molecule has 0 aromatic heterocycles. The number of hydrogen-bond acceptors (Lipinski definition) is 9. The summed E-state index contributed by atoms with van der Waals surface area (Å²) in [6, 6.07) is 0. The van der Waals surface area contributed by atoms with Gasteiger partial charge in [0.2, 0.25) is 24.2 Å². The van der Waals surface area contributed by atoms with E-state index in [-0.39, 0.29) is 10.8 Å². The van der Waals surface area contributed by atoms with Crippen molar-refractivity contribution >= 4 is 6.16 Å². The molecule has 0 aliphatic carbocycles. The first kappa shape index (κ1) is 32.5. The molecule has 0 rings (SSSR count). The predicted molar refractivity (Wildman–Crippen MR) is 128 cm³/mol. The molecule has 9 heteroatoms. The third-order valence-electron chi connectivity index (χ3n) is 3.54. The molecule has 0 saturated carbocycles. The second-order valence-electron chi connectivity index (χ2n) is 11.7. The molecular weight excluding hydrogens is 444 g/mol. The minimum atomic E-state index is -1.43. The zero-order chi connectivity index (χ0) is 27.0. The Hall–Kier alpha value is -1.49. The van der Waals surface area contributed by atoms with Crippen LogP contribution in [0.2, 0.25) is 0 Å². The number of hydrogen-bond donors (Lipinski definition) is 0.